The minimum atomic E-state index is -0.358. The highest BCUT2D eigenvalue weighted by Gasteiger charge is 2.10. The van der Waals surface area contributed by atoms with E-state index in [2.05, 4.69) is 43.0 Å². The van der Waals surface area contributed by atoms with Crippen LogP contribution < -0.4 is 32.0 Å². The molecule has 6 N–H and O–H groups in total. The van der Waals surface area contributed by atoms with Crippen LogP contribution in [0.2, 0.25) is 5.02 Å². The van der Waals surface area contributed by atoms with Gasteiger partial charge in [-0.3, -0.25) is 15.6 Å². The van der Waals surface area contributed by atoms with Crippen LogP contribution in [0.1, 0.15) is 21.5 Å². The van der Waals surface area contributed by atoms with Gasteiger partial charge in [0.15, 0.2) is 0 Å². The van der Waals surface area contributed by atoms with E-state index < -0.39 is 0 Å². The van der Waals surface area contributed by atoms with Gasteiger partial charge in [0.25, 0.3) is 5.91 Å². The van der Waals surface area contributed by atoms with Crippen molar-refractivity contribution in [1.29, 1.82) is 0 Å². The molecule has 188 valence electrons. The number of carbonyl (C=O) groups excluding carboxylic acids is 1. The number of aromatic nitrogens is 3. The van der Waals surface area contributed by atoms with Crippen LogP contribution in [-0.4, -0.2) is 20.9 Å². The number of amides is 1. The average Bonchev–Trinajstić information content (AvgIpc) is 2.91. The Hall–Kier alpha value is -4.83. The van der Waals surface area contributed by atoms with Crippen molar-refractivity contribution in [2.45, 2.75) is 13.2 Å². The summed E-state index contributed by atoms with van der Waals surface area (Å²) in [6, 6.07) is 24.1. The van der Waals surface area contributed by atoms with Gasteiger partial charge in [-0.25, -0.2) is 0 Å². The van der Waals surface area contributed by atoms with Gasteiger partial charge in [0, 0.05) is 22.8 Å². The van der Waals surface area contributed by atoms with Crippen LogP contribution in [-0.2, 0) is 13.2 Å². The molecule has 0 aliphatic rings. The highest BCUT2D eigenvalue weighted by Crippen LogP contribution is 2.19. The van der Waals surface area contributed by atoms with Crippen LogP contribution in [0.15, 0.2) is 91.3 Å². The summed E-state index contributed by atoms with van der Waals surface area (Å²) >= 11 is 5.98. The molecular formula is C26H25ClN8O2. The molecule has 0 aliphatic heterocycles. The number of halogens is 1. The second-order valence-electron chi connectivity index (χ2n) is 7.83. The molecule has 4 rings (SSSR count). The molecule has 1 heterocycles. The lowest BCUT2D eigenvalue weighted by Crippen LogP contribution is -2.38. The third-order valence-electron chi connectivity index (χ3n) is 4.93. The Bertz CT molecular complexity index is 1350. The summed E-state index contributed by atoms with van der Waals surface area (Å²) in [6.07, 6.45) is 0. The molecule has 0 aliphatic carbocycles. The zero-order valence-corrected chi connectivity index (χ0v) is 20.5. The number of benzene rings is 3. The van der Waals surface area contributed by atoms with Gasteiger partial charge in [-0.05, 0) is 47.5 Å². The fourth-order valence-corrected chi connectivity index (χ4v) is 3.23. The number of carbonyl (C=O) groups is 1. The number of hydrogen-bond donors (Lipinski definition) is 5. The van der Waals surface area contributed by atoms with E-state index in [9.17, 15) is 4.79 Å². The molecule has 1 amide bonds. The number of nitrogens with zero attached hydrogens (tertiary/aromatic N) is 3. The fourth-order valence-electron chi connectivity index (χ4n) is 3.10. The van der Waals surface area contributed by atoms with E-state index in [4.69, 9.17) is 22.1 Å². The van der Waals surface area contributed by atoms with E-state index in [0.29, 0.717) is 35.4 Å². The maximum absolute atomic E-state index is 12.1. The Morgan fingerprint density at radius 3 is 2.27 bits per heavy atom. The highest BCUT2D eigenvalue weighted by molar-refractivity contribution is 6.30. The Balaban J connectivity index is 1.49. The molecule has 10 nitrogen and oxygen atoms in total. The van der Waals surface area contributed by atoms with Crippen molar-refractivity contribution in [1.82, 2.24) is 25.8 Å². The molecule has 11 heteroatoms. The molecule has 0 saturated heterocycles. The molecule has 1 aromatic heterocycles. The lowest BCUT2D eigenvalue weighted by atomic mass is 10.2. The van der Waals surface area contributed by atoms with Gasteiger partial charge in [-0.1, -0.05) is 60.6 Å². The summed E-state index contributed by atoms with van der Waals surface area (Å²) in [5.74, 6) is 0.380. The summed E-state index contributed by atoms with van der Waals surface area (Å²) in [5, 5.41) is 6.98. The Kier molecular flexibility index (Phi) is 8.35. The van der Waals surface area contributed by atoms with Gasteiger partial charge in [0.1, 0.15) is 12.4 Å². The number of nitrogens with one attached hydrogen (secondary N) is 4. The van der Waals surface area contributed by atoms with Crippen molar-refractivity contribution >= 4 is 35.1 Å². The highest BCUT2D eigenvalue weighted by atomic mass is 35.5. The summed E-state index contributed by atoms with van der Waals surface area (Å²) in [7, 11) is 0. The van der Waals surface area contributed by atoms with Crippen LogP contribution in [0.25, 0.3) is 0 Å². The predicted octanol–water partition coefficient (Wildman–Crippen LogP) is 4.12. The van der Waals surface area contributed by atoms with Gasteiger partial charge in [-0.15, -0.1) is 0 Å². The monoisotopic (exact) mass is 516 g/mol. The SMILES string of the molecule is C=C(N)NNC(=O)c1ccc(Nc2nc(NCc3ccc(Cl)cc3)nc(OCc3ccccc3)n2)cc1. The average molecular weight is 517 g/mol. The zero-order chi connectivity index (χ0) is 26.0. The molecule has 0 radical (unpaired) electrons. The smallest absolute Gasteiger partial charge is 0.323 e. The first kappa shape index (κ1) is 25.3. The molecule has 0 unspecified atom stereocenters. The second-order valence-corrected chi connectivity index (χ2v) is 8.26. The van der Waals surface area contributed by atoms with E-state index in [0.717, 1.165) is 11.1 Å². The molecule has 0 saturated carbocycles. The van der Waals surface area contributed by atoms with Crippen LogP contribution in [0.3, 0.4) is 0 Å². The number of nitrogens with two attached hydrogens (primary N) is 1. The van der Waals surface area contributed by atoms with Crippen molar-refractivity contribution in [2.24, 2.45) is 5.73 Å². The first-order chi connectivity index (χ1) is 17.9. The summed E-state index contributed by atoms with van der Waals surface area (Å²) in [4.78, 5) is 25.4. The van der Waals surface area contributed by atoms with Gasteiger partial charge in [-0.2, -0.15) is 15.0 Å². The van der Waals surface area contributed by atoms with E-state index >= 15 is 0 Å². The normalized spacial score (nSPS) is 10.3. The van der Waals surface area contributed by atoms with Crippen LogP contribution in [0.5, 0.6) is 6.01 Å². The number of hydrogen-bond acceptors (Lipinski definition) is 9. The molecule has 4 aromatic rings. The van der Waals surface area contributed by atoms with Crippen molar-refractivity contribution < 1.29 is 9.53 Å². The van der Waals surface area contributed by atoms with Gasteiger partial charge >= 0.3 is 6.01 Å². The summed E-state index contributed by atoms with van der Waals surface area (Å²) in [6.45, 7) is 4.24. The van der Waals surface area contributed by atoms with Gasteiger partial charge in [0.2, 0.25) is 11.9 Å². The minimum absolute atomic E-state index is 0.132. The first-order valence-corrected chi connectivity index (χ1v) is 11.6. The Morgan fingerprint density at radius 1 is 0.865 bits per heavy atom. The topological polar surface area (TPSA) is 139 Å². The molecular weight excluding hydrogens is 492 g/mol. The number of rotatable bonds is 11. The van der Waals surface area contributed by atoms with Crippen LogP contribution >= 0.6 is 11.6 Å². The molecule has 0 atom stereocenters. The lowest BCUT2D eigenvalue weighted by Gasteiger charge is -2.12. The number of anilines is 3. The number of ether oxygens (including phenoxy) is 1. The molecule has 0 spiro atoms. The first-order valence-electron chi connectivity index (χ1n) is 11.2. The van der Waals surface area contributed by atoms with E-state index in [1.165, 1.54) is 0 Å². The van der Waals surface area contributed by atoms with Crippen molar-refractivity contribution in [3.63, 3.8) is 0 Å². The van der Waals surface area contributed by atoms with E-state index in [-0.39, 0.29) is 23.7 Å². The van der Waals surface area contributed by atoms with Crippen LogP contribution in [0.4, 0.5) is 17.6 Å². The van der Waals surface area contributed by atoms with Gasteiger partial charge < -0.3 is 21.1 Å². The number of hydrazine groups is 1. The Labute approximate surface area is 218 Å². The predicted molar refractivity (Wildman–Crippen MR) is 143 cm³/mol. The molecule has 3 aromatic carbocycles. The molecule has 37 heavy (non-hydrogen) atoms. The third kappa shape index (κ3) is 7.84. The largest absolute Gasteiger partial charge is 0.458 e. The summed E-state index contributed by atoms with van der Waals surface area (Å²) in [5.41, 5.74) is 13.4. The minimum Gasteiger partial charge on any atom is -0.458 e. The standard InChI is InChI=1S/C26H25ClN8O2/c1-17(28)34-35-23(36)20-9-13-22(14-10-20)30-25-31-24(29-15-18-7-11-21(27)12-8-18)32-26(33-25)37-16-19-5-3-2-4-6-19/h2-14,34H,1,15-16,28H2,(H,35,36)(H2,29,30,31,32,33). The quantitative estimate of drug-likeness (QED) is 0.186. The van der Waals surface area contributed by atoms with Gasteiger partial charge in [0.05, 0.1) is 0 Å². The molecule has 0 bridgehead atoms. The van der Waals surface area contributed by atoms with Crippen LogP contribution in [0, 0.1) is 0 Å². The fraction of sp³-hybridized carbons (Fsp3) is 0.0769. The van der Waals surface area contributed by atoms with E-state index in [1.807, 2.05) is 54.6 Å². The molecule has 0 fully saturated rings. The summed E-state index contributed by atoms with van der Waals surface area (Å²) < 4.78 is 5.84. The van der Waals surface area contributed by atoms with Crippen molar-refractivity contribution in [2.75, 3.05) is 10.6 Å². The maximum atomic E-state index is 12.1. The lowest BCUT2D eigenvalue weighted by molar-refractivity contribution is 0.0938. The second kappa shape index (κ2) is 12.2. The Morgan fingerprint density at radius 2 is 1.57 bits per heavy atom. The van der Waals surface area contributed by atoms with Crippen molar-refractivity contribution in [3.05, 3.63) is 113 Å². The van der Waals surface area contributed by atoms with E-state index in [1.54, 1.807) is 24.3 Å². The zero-order valence-electron chi connectivity index (χ0n) is 19.7. The third-order valence-corrected chi connectivity index (χ3v) is 5.18. The van der Waals surface area contributed by atoms with Crippen molar-refractivity contribution in [3.8, 4) is 6.01 Å². The maximum Gasteiger partial charge on any atom is 0.323 e.